The van der Waals surface area contributed by atoms with Crippen molar-refractivity contribution in [1.29, 1.82) is 0 Å². The van der Waals surface area contributed by atoms with Crippen LogP contribution in [-0.4, -0.2) is 48.0 Å². The zero-order valence-electron chi connectivity index (χ0n) is 27.3. The Morgan fingerprint density at radius 3 is 2.45 bits per heavy atom. The minimum absolute atomic E-state index is 0.160. The summed E-state index contributed by atoms with van der Waals surface area (Å²) in [5.41, 5.74) is 6.22. The maximum absolute atomic E-state index is 14.3. The highest BCUT2D eigenvalue weighted by atomic mass is 127. The van der Waals surface area contributed by atoms with Crippen molar-refractivity contribution in [2.45, 2.75) is 47.6 Å². The Hall–Kier alpha value is -4.17. The van der Waals surface area contributed by atoms with Crippen LogP contribution >= 0.6 is 33.9 Å². The van der Waals surface area contributed by atoms with Gasteiger partial charge in [0.25, 0.3) is 5.56 Å². The van der Waals surface area contributed by atoms with Crippen molar-refractivity contribution in [3.05, 3.63) is 105 Å². The highest BCUT2D eigenvalue weighted by molar-refractivity contribution is 14.1. The third-order valence-electron chi connectivity index (χ3n) is 7.84. The number of hydrogen-bond acceptors (Lipinski definition) is 9. The molecular formula is C35H36IN3O7S. The molecule has 0 spiro atoms. The van der Waals surface area contributed by atoms with Crippen LogP contribution in [0.15, 0.2) is 63.5 Å². The van der Waals surface area contributed by atoms with Crippen LogP contribution in [0.2, 0.25) is 0 Å². The van der Waals surface area contributed by atoms with Crippen LogP contribution in [0.1, 0.15) is 54.9 Å². The number of rotatable bonds is 10. The number of ether oxygens (including phenoxy) is 4. The first-order valence-electron chi connectivity index (χ1n) is 15.1. The van der Waals surface area contributed by atoms with E-state index in [9.17, 15) is 14.4 Å². The molecule has 12 heteroatoms. The average Bonchev–Trinajstić information content (AvgIpc) is 3.50. The minimum Gasteiger partial charge on any atom is -0.490 e. The minimum atomic E-state index is -0.844. The number of aromatic nitrogens is 2. The van der Waals surface area contributed by atoms with E-state index in [-0.39, 0.29) is 24.3 Å². The van der Waals surface area contributed by atoms with Gasteiger partial charge in [0.05, 0.1) is 42.2 Å². The van der Waals surface area contributed by atoms with Gasteiger partial charge in [-0.2, -0.15) is 0 Å². The number of nitrogens with zero attached hydrogens (tertiary/aromatic N) is 3. The number of fused-ring (bicyclic) bond motifs is 1. The van der Waals surface area contributed by atoms with Gasteiger partial charge in [-0.05, 0) is 117 Å². The van der Waals surface area contributed by atoms with Crippen LogP contribution < -0.4 is 24.4 Å². The summed E-state index contributed by atoms with van der Waals surface area (Å²) in [5, 5.41) is 0. The molecule has 0 aliphatic carbocycles. The number of aryl methyl sites for hydroxylation is 2. The number of methoxy groups -OCH3 is 1. The molecular weight excluding hydrogens is 733 g/mol. The average molecular weight is 770 g/mol. The van der Waals surface area contributed by atoms with E-state index in [1.54, 1.807) is 32.0 Å². The molecule has 2 aromatic carbocycles. The van der Waals surface area contributed by atoms with E-state index in [2.05, 4.69) is 58.3 Å². The number of esters is 2. The molecule has 0 radical (unpaired) electrons. The lowest BCUT2D eigenvalue weighted by Crippen LogP contribution is -2.40. The molecule has 0 bridgehead atoms. The first-order chi connectivity index (χ1) is 22.5. The maximum Gasteiger partial charge on any atom is 0.343 e. The van der Waals surface area contributed by atoms with E-state index in [4.69, 9.17) is 23.9 Å². The molecule has 0 saturated heterocycles. The van der Waals surface area contributed by atoms with Crippen molar-refractivity contribution >= 4 is 51.9 Å². The van der Waals surface area contributed by atoms with Gasteiger partial charge in [-0.25, -0.2) is 14.6 Å². The summed E-state index contributed by atoms with van der Waals surface area (Å²) in [7, 11) is 1.28. The fourth-order valence-corrected chi connectivity index (χ4v) is 7.11. The quantitative estimate of drug-likeness (QED) is 0.164. The first-order valence-corrected chi connectivity index (χ1v) is 17.0. The smallest absolute Gasteiger partial charge is 0.343 e. The molecule has 246 valence electrons. The van der Waals surface area contributed by atoms with Crippen LogP contribution in [0.4, 0.5) is 0 Å². The number of allylic oxidation sites excluding steroid dienone is 1. The zero-order valence-corrected chi connectivity index (χ0v) is 30.3. The van der Waals surface area contributed by atoms with Gasteiger partial charge in [-0.3, -0.25) is 9.36 Å². The highest BCUT2D eigenvalue weighted by Crippen LogP contribution is 2.36. The number of benzene rings is 2. The second-order valence-electron chi connectivity index (χ2n) is 10.9. The van der Waals surface area contributed by atoms with Gasteiger partial charge >= 0.3 is 11.9 Å². The normalized spacial score (nSPS) is 14.5. The summed E-state index contributed by atoms with van der Waals surface area (Å²) in [5.74, 6) is -0.424. The van der Waals surface area contributed by atoms with E-state index < -0.39 is 18.0 Å². The third-order valence-corrected chi connectivity index (χ3v) is 9.99. The Labute approximate surface area is 290 Å². The molecule has 0 amide bonds. The van der Waals surface area contributed by atoms with E-state index in [1.165, 1.54) is 32.1 Å². The molecule has 2 aromatic heterocycles. The molecule has 0 N–H and O–H groups in total. The number of carbonyl (C=O) groups is 2. The summed E-state index contributed by atoms with van der Waals surface area (Å²) < 4.78 is 27.0. The van der Waals surface area contributed by atoms with Crippen molar-refractivity contribution in [1.82, 2.24) is 9.13 Å². The Bertz CT molecular complexity index is 2090. The Kier molecular flexibility index (Phi) is 10.4. The Morgan fingerprint density at radius 2 is 1.77 bits per heavy atom. The lowest BCUT2D eigenvalue weighted by molar-refractivity contribution is -0.143. The Morgan fingerprint density at radius 1 is 1.00 bits per heavy atom. The predicted octanol–water partition coefficient (Wildman–Crippen LogP) is 5.07. The van der Waals surface area contributed by atoms with Crippen molar-refractivity contribution in [3.63, 3.8) is 0 Å². The van der Waals surface area contributed by atoms with Crippen LogP contribution in [0.5, 0.6) is 11.5 Å². The van der Waals surface area contributed by atoms with Gasteiger partial charge in [-0.15, -0.1) is 0 Å². The summed E-state index contributed by atoms with van der Waals surface area (Å²) in [4.78, 5) is 44.6. The largest absolute Gasteiger partial charge is 0.490 e. The van der Waals surface area contributed by atoms with Crippen LogP contribution in [0, 0.1) is 24.3 Å². The topological polar surface area (TPSA) is 110 Å². The summed E-state index contributed by atoms with van der Waals surface area (Å²) in [6.45, 7) is 11.6. The molecule has 47 heavy (non-hydrogen) atoms. The Balaban J connectivity index is 1.66. The molecule has 3 heterocycles. The summed E-state index contributed by atoms with van der Waals surface area (Å²) in [6.07, 6.45) is 1.89. The predicted molar refractivity (Wildman–Crippen MR) is 188 cm³/mol. The van der Waals surface area contributed by atoms with Gasteiger partial charge < -0.3 is 23.5 Å². The summed E-state index contributed by atoms with van der Waals surface area (Å²) >= 11 is 3.61. The fraction of sp³-hybridized carbons (Fsp3) is 0.314. The van der Waals surface area contributed by atoms with Gasteiger partial charge in [-0.1, -0.05) is 23.5 Å². The molecule has 1 aliphatic rings. The van der Waals surface area contributed by atoms with Gasteiger partial charge in [0.1, 0.15) is 0 Å². The van der Waals surface area contributed by atoms with Gasteiger partial charge in [0, 0.05) is 20.6 Å². The first kappa shape index (κ1) is 34.2. The second kappa shape index (κ2) is 14.3. The van der Waals surface area contributed by atoms with E-state index in [1.807, 2.05) is 26.8 Å². The molecule has 0 saturated carbocycles. The van der Waals surface area contributed by atoms with E-state index in [0.29, 0.717) is 38.7 Å². The number of carbonyl (C=O) groups excluding carboxylic acids is 2. The third kappa shape index (κ3) is 6.79. The lowest BCUT2D eigenvalue weighted by atomic mass is 9.95. The molecule has 4 aromatic rings. The fourth-order valence-electron chi connectivity index (χ4n) is 5.58. The number of halogens is 1. The van der Waals surface area contributed by atoms with Crippen LogP contribution in [0.3, 0.4) is 0 Å². The summed E-state index contributed by atoms with van der Waals surface area (Å²) in [6, 6.07) is 12.7. The van der Waals surface area contributed by atoms with Gasteiger partial charge in [0.15, 0.2) is 22.9 Å². The highest BCUT2D eigenvalue weighted by Gasteiger charge is 2.34. The van der Waals surface area contributed by atoms with Crippen molar-refractivity contribution in [3.8, 4) is 17.2 Å². The molecule has 5 rings (SSSR count). The molecule has 0 unspecified atom stereocenters. The number of hydrogen-bond donors (Lipinski definition) is 0. The second-order valence-corrected chi connectivity index (χ2v) is 13.1. The standard InChI is InChI=1S/C35H36IN3O7S/c1-8-44-28-15-23(11-13-27(28)46-18-30(40)43-7)32-31(34(42)45-9-2)21(5)37-35-39(32)33(41)29(47-35)16-24-14-20(4)38(22(24)6)25-12-10-19(3)26(36)17-25/h10-17,32H,8-9,18H2,1-7H3/b29-16+/t32-/m1/s1. The van der Waals surface area contributed by atoms with Crippen LogP contribution in [-0.2, 0) is 19.1 Å². The molecule has 0 fully saturated rings. The van der Waals surface area contributed by atoms with Gasteiger partial charge in [0.2, 0.25) is 0 Å². The van der Waals surface area contributed by atoms with Crippen molar-refractivity contribution in [2.75, 3.05) is 26.9 Å². The van der Waals surface area contributed by atoms with E-state index in [0.717, 1.165) is 22.6 Å². The van der Waals surface area contributed by atoms with Crippen molar-refractivity contribution in [2.24, 2.45) is 4.99 Å². The SMILES string of the molecule is CCOC(=O)C1=C(C)N=c2s/c(=C/c3cc(C)n(-c4ccc(C)c(I)c4)c3C)c(=O)n2[C@@H]1c1ccc(OCC(=O)OC)c(OCC)c1. The van der Waals surface area contributed by atoms with Crippen LogP contribution in [0.25, 0.3) is 11.8 Å². The molecule has 1 aliphatic heterocycles. The molecule has 1 atom stereocenters. The zero-order chi connectivity index (χ0) is 34.0. The molecule has 10 nitrogen and oxygen atoms in total. The van der Waals surface area contributed by atoms with E-state index >= 15 is 0 Å². The lowest BCUT2D eigenvalue weighted by Gasteiger charge is -2.25. The number of thiazole rings is 1. The van der Waals surface area contributed by atoms with Crippen molar-refractivity contribution < 1.29 is 28.5 Å². The maximum atomic E-state index is 14.3. The monoisotopic (exact) mass is 769 g/mol.